The van der Waals surface area contributed by atoms with Crippen LogP contribution in [0.1, 0.15) is 17.9 Å². The molecule has 1 aromatic carbocycles. The van der Waals surface area contributed by atoms with E-state index in [0.717, 1.165) is 18.8 Å². The summed E-state index contributed by atoms with van der Waals surface area (Å²) in [6.45, 7) is 0.741. The van der Waals surface area contributed by atoms with Gasteiger partial charge < -0.3 is 9.84 Å². The predicted molar refractivity (Wildman–Crippen MR) is 57.9 cm³/mol. The van der Waals surface area contributed by atoms with Gasteiger partial charge in [-0.3, -0.25) is 0 Å². The monoisotopic (exact) mass is 202 g/mol. The van der Waals surface area contributed by atoms with Crippen LogP contribution in [0.15, 0.2) is 36.4 Å². The van der Waals surface area contributed by atoms with E-state index in [1.165, 1.54) is 5.56 Å². The minimum Gasteiger partial charge on any atom is -0.493 e. The van der Waals surface area contributed by atoms with Crippen LogP contribution in [-0.2, 0) is 0 Å². The minimum absolute atomic E-state index is 0.294. The first-order chi connectivity index (χ1) is 7.34. The van der Waals surface area contributed by atoms with Gasteiger partial charge in [-0.15, -0.1) is 0 Å². The fourth-order valence-electron chi connectivity index (χ4n) is 2.55. The molecule has 0 fully saturated rings. The maximum absolute atomic E-state index is 9.65. The number of hydrogen-bond donors (Lipinski definition) is 1. The van der Waals surface area contributed by atoms with Gasteiger partial charge >= 0.3 is 0 Å². The van der Waals surface area contributed by atoms with Crippen molar-refractivity contribution in [1.29, 1.82) is 0 Å². The molecule has 15 heavy (non-hydrogen) atoms. The van der Waals surface area contributed by atoms with Crippen molar-refractivity contribution in [3.8, 4) is 5.75 Å². The smallest absolute Gasteiger partial charge is 0.122 e. The van der Waals surface area contributed by atoms with Gasteiger partial charge in [-0.25, -0.2) is 0 Å². The van der Waals surface area contributed by atoms with Crippen LogP contribution < -0.4 is 4.74 Å². The van der Waals surface area contributed by atoms with Gasteiger partial charge in [-0.1, -0.05) is 30.4 Å². The van der Waals surface area contributed by atoms with Gasteiger partial charge in [0.2, 0.25) is 0 Å². The fraction of sp³-hybridized carbons (Fsp3) is 0.385. The Bertz CT molecular complexity index is 397. The van der Waals surface area contributed by atoms with Crippen LogP contribution in [0.4, 0.5) is 0 Å². The second-order valence-corrected chi connectivity index (χ2v) is 4.31. The van der Waals surface area contributed by atoms with Gasteiger partial charge in [0.15, 0.2) is 0 Å². The molecule has 0 aromatic heterocycles. The molecule has 0 radical (unpaired) electrons. The van der Waals surface area contributed by atoms with E-state index in [2.05, 4.69) is 12.1 Å². The molecule has 1 aliphatic heterocycles. The number of ether oxygens (including phenoxy) is 1. The van der Waals surface area contributed by atoms with E-state index < -0.39 is 0 Å². The molecular weight excluding hydrogens is 188 g/mol. The number of fused-ring (bicyclic) bond motifs is 3. The largest absolute Gasteiger partial charge is 0.493 e. The molecule has 3 atom stereocenters. The van der Waals surface area contributed by atoms with Crippen LogP contribution in [0.5, 0.6) is 5.75 Å². The van der Waals surface area contributed by atoms with Crippen LogP contribution >= 0.6 is 0 Å². The van der Waals surface area contributed by atoms with Crippen LogP contribution in [0, 0.1) is 5.92 Å². The standard InChI is InChI=1S/C13H14O2/c14-10-6-5-9-8-15-13-4-2-1-3-11(13)12(9)7-10/h1-6,9-10,12,14H,7-8H2/t9-,10+,12-/m1/s1. The SMILES string of the molecule is O[C@H]1C=C[C@@H]2COc3ccccc3[C@@H]2C1. The highest BCUT2D eigenvalue weighted by atomic mass is 16.5. The molecule has 0 saturated heterocycles. The lowest BCUT2D eigenvalue weighted by Gasteiger charge is -2.35. The molecule has 2 aliphatic rings. The number of benzene rings is 1. The summed E-state index contributed by atoms with van der Waals surface area (Å²) in [5.74, 6) is 1.85. The molecule has 1 aliphatic carbocycles. The summed E-state index contributed by atoms with van der Waals surface area (Å²) in [6.07, 6.45) is 4.51. The number of aliphatic hydroxyl groups excluding tert-OH is 1. The zero-order valence-electron chi connectivity index (χ0n) is 8.47. The van der Waals surface area contributed by atoms with Crippen molar-refractivity contribution in [3.63, 3.8) is 0 Å². The van der Waals surface area contributed by atoms with Crippen molar-refractivity contribution in [2.45, 2.75) is 18.4 Å². The average Bonchev–Trinajstić information content (AvgIpc) is 2.29. The Morgan fingerprint density at radius 1 is 1.20 bits per heavy atom. The van der Waals surface area contributed by atoms with Gasteiger partial charge in [-0.2, -0.15) is 0 Å². The highest BCUT2D eigenvalue weighted by molar-refractivity contribution is 5.40. The van der Waals surface area contributed by atoms with Gasteiger partial charge in [0.05, 0.1) is 12.7 Å². The first kappa shape index (κ1) is 8.98. The zero-order valence-corrected chi connectivity index (χ0v) is 8.47. The fourth-order valence-corrected chi connectivity index (χ4v) is 2.55. The van der Waals surface area contributed by atoms with Gasteiger partial charge in [0, 0.05) is 5.92 Å². The summed E-state index contributed by atoms with van der Waals surface area (Å²) in [5, 5.41) is 9.65. The lowest BCUT2D eigenvalue weighted by molar-refractivity contribution is 0.148. The third-order valence-electron chi connectivity index (χ3n) is 3.34. The molecule has 0 spiro atoms. The predicted octanol–water partition coefficient (Wildman–Crippen LogP) is 2.10. The Labute approximate surface area is 89.2 Å². The van der Waals surface area contributed by atoms with Crippen molar-refractivity contribution in [3.05, 3.63) is 42.0 Å². The molecule has 2 heteroatoms. The van der Waals surface area contributed by atoms with E-state index in [9.17, 15) is 5.11 Å². The van der Waals surface area contributed by atoms with Crippen molar-refractivity contribution in [2.24, 2.45) is 5.92 Å². The van der Waals surface area contributed by atoms with Crippen LogP contribution in [0.3, 0.4) is 0 Å². The van der Waals surface area contributed by atoms with E-state index in [1.807, 2.05) is 24.3 Å². The summed E-state index contributed by atoms with van der Waals surface area (Å²) >= 11 is 0. The molecule has 0 unspecified atom stereocenters. The zero-order chi connectivity index (χ0) is 10.3. The van der Waals surface area contributed by atoms with E-state index in [-0.39, 0.29) is 6.10 Å². The van der Waals surface area contributed by atoms with E-state index in [1.54, 1.807) is 0 Å². The van der Waals surface area contributed by atoms with Gasteiger partial charge in [0.25, 0.3) is 0 Å². The number of rotatable bonds is 0. The third kappa shape index (κ3) is 1.45. The normalized spacial score (nSPS) is 32.7. The van der Waals surface area contributed by atoms with Crippen LogP contribution in [0.2, 0.25) is 0 Å². The summed E-state index contributed by atoms with van der Waals surface area (Å²) in [6, 6.07) is 8.15. The minimum atomic E-state index is -0.294. The lowest BCUT2D eigenvalue weighted by atomic mass is 9.77. The average molecular weight is 202 g/mol. The molecule has 0 saturated carbocycles. The van der Waals surface area contributed by atoms with Crippen molar-refractivity contribution in [1.82, 2.24) is 0 Å². The van der Waals surface area contributed by atoms with Crippen LogP contribution in [0.25, 0.3) is 0 Å². The Kier molecular flexibility index (Phi) is 2.03. The van der Waals surface area contributed by atoms with Crippen molar-refractivity contribution in [2.75, 3.05) is 6.61 Å². The molecule has 78 valence electrons. The molecule has 1 N–H and O–H groups in total. The summed E-state index contributed by atoms with van der Waals surface area (Å²) in [5.41, 5.74) is 1.25. The Hall–Kier alpha value is -1.28. The summed E-state index contributed by atoms with van der Waals surface area (Å²) in [7, 11) is 0. The van der Waals surface area contributed by atoms with Gasteiger partial charge in [0.1, 0.15) is 5.75 Å². The highest BCUT2D eigenvalue weighted by Gasteiger charge is 2.32. The molecule has 3 rings (SSSR count). The number of hydrogen-bond acceptors (Lipinski definition) is 2. The molecule has 2 nitrogen and oxygen atoms in total. The van der Waals surface area contributed by atoms with Crippen LogP contribution in [-0.4, -0.2) is 17.8 Å². The van der Waals surface area contributed by atoms with E-state index in [4.69, 9.17) is 4.74 Å². The molecular formula is C13H14O2. The number of para-hydroxylation sites is 1. The molecule has 0 bridgehead atoms. The molecule has 0 amide bonds. The Morgan fingerprint density at radius 3 is 3.00 bits per heavy atom. The first-order valence-corrected chi connectivity index (χ1v) is 5.43. The van der Waals surface area contributed by atoms with E-state index in [0.29, 0.717) is 11.8 Å². The van der Waals surface area contributed by atoms with Crippen molar-refractivity contribution >= 4 is 0 Å². The third-order valence-corrected chi connectivity index (χ3v) is 3.34. The second-order valence-electron chi connectivity index (χ2n) is 4.31. The Morgan fingerprint density at radius 2 is 2.07 bits per heavy atom. The first-order valence-electron chi connectivity index (χ1n) is 5.43. The lowest BCUT2D eigenvalue weighted by Crippen LogP contribution is -2.30. The maximum Gasteiger partial charge on any atom is 0.122 e. The molecule has 1 aromatic rings. The quantitative estimate of drug-likeness (QED) is 0.653. The highest BCUT2D eigenvalue weighted by Crippen LogP contribution is 2.42. The summed E-state index contributed by atoms with van der Waals surface area (Å²) in [4.78, 5) is 0. The van der Waals surface area contributed by atoms with Gasteiger partial charge in [-0.05, 0) is 24.0 Å². The number of aliphatic hydroxyl groups is 1. The Balaban J connectivity index is 2.02. The topological polar surface area (TPSA) is 29.5 Å². The van der Waals surface area contributed by atoms with Crippen molar-refractivity contribution < 1.29 is 9.84 Å². The molecule has 1 heterocycles. The maximum atomic E-state index is 9.65. The second kappa shape index (κ2) is 3.38. The van der Waals surface area contributed by atoms with E-state index >= 15 is 0 Å². The summed E-state index contributed by atoms with van der Waals surface area (Å²) < 4.78 is 5.70.